The summed E-state index contributed by atoms with van der Waals surface area (Å²) in [5, 5.41) is 11.7. The average molecular weight is 255 g/mol. The standard InChI is InChI=1S/C12H17NO5/c1-7(14)13-10-4-3-8(12(16)17)5-9(10)6-11(15)18-2/h3,9-10H,4-6H2,1-2H3,(H,13,14)(H,16,17)/t9-,10?/m1/s1. The lowest BCUT2D eigenvalue weighted by Crippen LogP contribution is -2.42. The Morgan fingerprint density at radius 3 is 2.67 bits per heavy atom. The molecule has 6 heteroatoms. The van der Waals surface area contributed by atoms with Gasteiger partial charge in [0.2, 0.25) is 5.91 Å². The third-order valence-electron chi connectivity index (χ3n) is 2.99. The molecule has 0 aromatic heterocycles. The molecule has 18 heavy (non-hydrogen) atoms. The molecule has 1 rings (SSSR count). The molecule has 0 aromatic carbocycles. The molecular formula is C12H17NO5. The van der Waals surface area contributed by atoms with Crippen molar-refractivity contribution in [1.29, 1.82) is 0 Å². The number of carbonyl (C=O) groups is 3. The summed E-state index contributed by atoms with van der Waals surface area (Å²) in [4.78, 5) is 33.3. The lowest BCUT2D eigenvalue weighted by atomic mass is 9.82. The van der Waals surface area contributed by atoms with Crippen molar-refractivity contribution in [3.63, 3.8) is 0 Å². The third-order valence-corrected chi connectivity index (χ3v) is 2.99. The number of carboxylic acid groups (broad SMARTS) is 1. The quantitative estimate of drug-likeness (QED) is 0.712. The normalized spacial score (nSPS) is 22.9. The molecule has 6 nitrogen and oxygen atoms in total. The lowest BCUT2D eigenvalue weighted by molar-refractivity contribution is -0.142. The maximum Gasteiger partial charge on any atom is 0.331 e. The number of aliphatic carboxylic acids is 1. The fraction of sp³-hybridized carbons (Fsp3) is 0.583. The molecule has 0 fully saturated rings. The van der Waals surface area contributed by atoms with Gasteiger partial charge in [-0.05, 0) is 18.8 Å². The number of nitrogens with one attached hydrogen (secondary N) is 1. The highest BCUT2D eigenvalue weighted by molar-refractivity contribution is 5.87. The van der Waals surface area contributed by atoms with Crippen molar-refractivity contribution >= 4 is 17.8 Å². The Morgan fingerprint density at radius 2 is 2.17 bits per heavy atom. The summed E-state index contributed by atoms with van der Waals surface area (Å²) in [6.45, 7) is 1.39. The summed E-state index contributed by atoms with van der Waals surface area (Å²) in [5.74, 6) is -1.81. The van der Waals surface area contributed by atoms with Gasteiger partial charge in [0, 0.05) is 18.5 Å². The predicted octanol–water partition coefficient (Wildman–Crippen LogP) is 0.475. The Labute approximate surface area is 105 Å². The van der Waals surface area contributed by atoms with Crippen molar-refractivity contribution in [2.24, 2.45) is 5.92 Å². The van der Waals surface area contributed by atoms with Gasteiger partial charge in [-0.25, -0.2) is 4.79 Å². The molecule has 0 aromatic rings. The zero-order valence-electron chi connectivity index (χ0n) is 10.4. The zero-order chi connectivity index (χ0) is 13.7. The van der Waals surface area contributed by atoms with Crippen LogP contribution in [0.2, 0.25) is 0 Å². The van der Waals surface area contributed by atoms with Crippen LogP contribution >= 0.6 is 0 Å². The second kappa shape index (κ2) is 6.18. The number of esters is 1. The lowest BCUT2D eigenvalue weighted by Gasteiger charge is -2.30. The van der Waals surface area contributed by atoms with E-state index in [0.29, 0.717) is 6.42 Å². The second-order valence-corrected chi connectivity index (χ2v) is 4.32. The van der Waals surface area contributed by atoms with E-state index in [9.17, 15) is 14.4 Å². The third kappa shape index (κ3) is 3.87. The van der Waals surface area contributed by atoms with Crippen molar-refractivity contribution in [1.82, 2.24) is 5.32 Å². The van der Waals surface area contributed by atoms with Gasteiger partial charge < -0.3 is 15.2 Å². The molecule has 2 atom stereocenters. The van der Waals surface area contributed by atoms with E-state index in [1.165, 1.54) is 14.0 Å². The van der Waals surface area contributed by atoms with E-state index in [-0.39, 0.29) is 36.3 Å². The topological polar surface area (TPSA) is 92.7 Å². The minimum absolute atomic E-state index is 0.103. The van der Waals surface area contributed by atoms with Crippen LogP contribution in [-0.4, -0.2) is 36.1 Å². The minimum Gasteiger partial charge on any atom is -0.478 e. The molecule has 1 unspecified atom stereocenters. The van der Waals surface area contributed by atoms with Crippen LogP contribution in [0.1, 0.15) is 26.2 Å². The van der Waals surface area contributed by atoms with Crippen molar-refractivity contribution in [3.05, 3.63) is 11.6 Å². The summed E-state index contributed by atoms with van der Waals surface area (Å²) in [5.41, 5.74) is 0.283. The number of carboxylic acids is 1. The molecule has 0 heterocycles. The molecule has 1 amide bonds. The molecule has 0 bridgehead atoms. The van der Waals surface area contributed by atoms with E-state index in [0.717, 1.165) is 0 Å². The first-order valence-corrected chi connectivity index (χ1v) is 5.70. The average Bonchev–Trinajstić information content (AvgIpc) is 2.30. The molecule has 1 aliphatic carbocycles. The SMILES string of the molecule is COC(=O)C[C@H]1CC(C(=O)O)=CCC1NC(C)=O. The maximum absolute atomic E-state index is 11.3. The van der Waals surface area contributed by atoms with Gasteiger partial charge in [-0.2, -0.15) is 0 Å². The van der Waals surface area contributed by atoms with Gasteiger partial charge in [0.05, 0.1) is 13.5 Å². The highest BCUT2D eigenvalue weighted by Gasteiger charge is 2.30. The molecular weight excluding hydrogens is 238 g/mol. The van der Waals surface area contributed by atoms with Gasteiger partial charge in [-0.15, -0.1) is 0 Å². The van der Waals surface area contributed by atoms with Gasteiger partial charge in [0.15, 0.2) is 0 Å². The summed E-state index contributed by atoms with van der Waals surface area (Å²) in [6.07, 6.45) is 2.38. The van der Waals surface area contributed by atoms with E-state index in [1.54, 1.807) is 6.08 Å². The van der Waals surface area contributed by atoms with Crippen molar-refractivity contribution < 1.29 is 24.2 Å². The fourth-order valence-corrected chi connectivity index (χ4v) is 2.09. The Bertz CT molecular complexity index is 388. The van der Waals surface area contributed by atoms with Gasteiger partial charge in [0.1, 0.15) is 0 Å². The molecule has 0 saturated heterocycles. The Kier molecular flexibility index (Phi) is 4.88. The number of rotatable bonds is 4. The summed E-state index contributed by atoms with van der Waals surface area (Å²) in [6, 6.07) is -0.218. The Morgan fingerprint density at radius 1 is 1.50 bits per heavy atom. The fourth-order valence-electron chi connectivity index (χ4n) is 2.09. The Hall–Kier alpha value is -1.85. The smallest absolute Gasteiger partial charge is 0.331 e. The Balaban J connectivity index is 2.78. The largest absolute Gasteiger partial charge is 0.478 e. The monoisotopic (exact) mass is 255 g/mol. The van der Waals surface area contributed by atoms with Gasteiger partial charge >= 0.3 is 11.9 Å². The molecule has 2 N–H and O–H groups in total. The number of amides is 1. The van der Waals surface area contributed by atoms with Crippen LogP contribution in [0, 0.1) is 5.92 Å². The minimum atomic E-state index is -0.980. The van der Waals surface area contributed by atoms with E-state index >= 15 is 0 Å². The van der Waals surface area contributed by atoms with Crippen LogP contribution < -0.4 is 5.32 Å². The van der Waals surface area contributed by atoms with E-state index in [4.69, 9.17) is 5.11 Å². The van der Waals surface area contributed by atoms with Crippen molar-refractivity contribution in [3.8, 4) is 0 Å². The van der Waals surface area contributed by atoms with Crippen LogP contribution in [0.3, 0.4) is 0 Å². The molecule has 0 spiro atoms. The van der Waals surface area contributed by atoms with Crippen LogP contribution in [0.15, 0.2) is 11.6 Å². The molecule has 0 aliphatic heterocycles. The highest BCUT2D eigenvalue weighted by atomic mass is 16.5. The number of hydrogen-bond donors (Lipinski definition) is 2. The van der Waals surface area contributed by atoms with Gasteiger partial charge in [-0.3, -0.25) is 9.59 Å². The van der Waals surface area contributed by atoms with E-state index in [1.807, 2.05) is 0 Å². The van der Waals surface area contributed by atoms with Crippen LogP contribution in [-0.2, 0) is 19.1 Å². The summed E-state index contributed by atoms with van der Waals surface area (Å²) in [7, 11) is 1.28. The van der Waals surface area contributed by atoms with Gasteiger partial charge in [-0.1, -0.05) is 6.08 Å². The predicted molar refractivity (Wildman–Crippen MR) is 62.7 cm³/mol. The van der Waals surface area contributed by atoms with Crippen LogP contribution in [0.25, 0.3) is 0 Å². The first-order valence-electron chi connectivity index (χ1n) is 5.70. The highest BCUT2D eigenvalue weighted by Crippen LogP contribution is 2.27. The number of methoxy groups -OCH3 is 1. The van der Waals surface area contributed by atoms with Crippen LogP contribution in [0.5, 0.6) is 0 Å². The second-order valence-electron chi connectivity index (χ2n) is 4.32. The summed E-state index contributed by atoms with van der Waals surface area (Å²) >= 11 is 0. The molecule has 0 radical (unpaired) electrons. The number of ether oxygens (including phenoxy) is 1. The van der Waals surface area contributed by atoms with E-state index < -0.39 is 11.9 Å². The van der Waals surface area contributed by atoms with Crippen molar-refractivity contribution in [2.45, 2.75) is 32.2 Å². The summed E-state index contributed by atoms with van der Waals surface area (Å²) < 4.78 is 4.58. The molecule has 0 saturated carbocycles. The number of carbonyl (C=O) groups excluding carboxylic acids is 2. The zero-order valence-corrected chi connectivity index (χ0v) is 10.4. The van der Waals surface area contributed by atoms with E-state index in [2.05, 4.69) is 10.1 Å². The first kappa shape index (κ1) is 14.2. The molecule has 1 aliphatic rings. The molecule has 100 valence electrons. The van der Waals surface area contributed by atoms with Gasteiger partial charge in [0.25, 0.3) is 0 Å². The maximum atomic E-state index is 11.3. The van der Waals surface area contributed by atoms with Crippen LogP contribution in [0.4, 0.5) is 0 Å². The number of hydrogen-bond acceptors (Lipinski definition) is 4. The first-order chi connectivity index (χ1) is 8.43. The van der Waals surface area contributed by atoms with Crippen molar-refractivity contribution in [2.75, 3.05) is 7.11 Å².